The van der Waals surface area contributed by atoms with Crippen LogP contribution in [-0.4, -0.2) is 4.98 Å². The Balaban J connectivity index is 1.65. The number of nitrogens with zero attached hydrogens (tertiary/aromatic N) is 1. The Morgan fingerprint density at radius 3 is 2.58 bits per heavy atom. The van der Waals surface area contributed by atoms with Crippen molar-refractivity contribution in [2.24, 2.45) is 0 Å². The summed E-state index contributed by atoms with van der Waals surface area (Å²) in [6.07, 6.45) is 1.64. The molecule has 3 rings (SSSR count). The van der Waals surface area contributed by atoms with Gasteiger partial charge >= 0.3 is 0 Å². The molecule has 0 saturated carbocycles. The number of halogens is 4. The summed E-state index contributed by atoms with van der Waals surface area (Å²) in [6.45, 7) is 1.20. The fraction of sp³-hybridized carbons (Fsp3) is 0.118. The van der Waals surface area contributed by atoms with Gasteiger partial charge in [-0.3, -0.25) is 0 Å². The van der Waals surface area contributed by atoms with Gasteiger partial charge in [0.2, 0.25) is 0 Å². The van der Waals surface area contributed by atoms with E-state index in [0.717, 1.165) is 10.6 Å². The van der Waals surface area contributed by atoms with E-state index in [1.54, 1.807) is 24.4 Å². The average molecular weight is 402 g/mol. The maximum Gasteiger partial charge on any atom is 0.133 e. The topological polar surface area (TPSA) is 24.9 Å². The Bertz CT molecular complexity index is 847. The van der Waals surface area contributed by atoms with Crippen LogP contribution in [0.25, 0.3) is 10.4 Å². The minimum atomic E-state index is -0.346. The summed E-state index contributed by atoms with van der Waals surface area (Å²) in [6, 6.07) is 10.1. The van der Waals surface area contributed by atoms with Crippen molar-refractivity contribution >= 4 is 46.1 Å². The third kappa shape index (κ3) is 4.08. The number of hydrogen-bond acceptors (Lipinski definition) is 3. The van der Waals surface area contributed by atoms with E-state index in [0.29, 0.717) is 38.6 Å². The van der Waals surface area contributed by atoms with Gasteiger partial charge in [-0.25, -0.2) is 9.37 Å². The van der Waals surface area contributed by atoms with Crippen molar-refractivity contribution in [3.05, 3.63) is 74.1 Å². The molecule has 1 N–H and O–H groups in total. The largest absolute Gasteiger partial charge is 0.306 e. The predicted molar refractivity (Wildman–Crippen MR) is 99.5 cm³/mol. The van der Waals surface area contributed by atoms with Crippen LogP contribution in [-0.2, 0) is 13.1 Å². The summed E-state index contributed by atoms with van der Waals surface area (Å²) in [4.78, 5) is 5.03. The summed E-state index contributed by atoms with van der Waals surface area (Å²) in [5.74, 6) is -0.346. The lowest BCUT2D eigenvalue weighted by atomic mass is 10.2. The fourth-order valence-electron chi connectivity index (χ4n) is 2.20. The maximum atomic E-state index is 13.9. The second-order valence-electron chi connectivity index (χ2n) is 5.07. The van der Waals surface area contributed by atoms with Gasteiger partial charge in [0.05, 0.1) is 19.9 Å². The first kappa shape index (κ1) is 17.6. The molecular weight excluding hydrogens is 390 g/mol. The molecule has 1 heterocycles. The van der Waals surface area contributed by atoms with Crippen molar-refractivity contribution in [2.45, 2.75) is 13.1 Å². The van der Waals surface area contributed by atoms with Crippen LogP contribution in [0.2, 0.25) is 15.1 Å². The molecule has 0 radical (unpaired) electrons. The third-order valence-electron chi connectivity index (χ3n) is 3.35. The molecule has 0 unspecified atom stereocenters. The Morgan fingerprint density at radius 1 is 1.00 bits per heavy atom. The van der Waals surface area contributed by atoms with Gasteiger partial charge in [0.25, 0.3) is 0 Å². The van der Waals surface area contributed by atoms with Gasteiger partial charge in [-0.15, -0.1) is 11.3 Å². The van der Waals surface area contributed by atoms with Crippen LogP contribution in [0, 0.1) is 5.82 Å². The van der Waals surface area contributed by atoms with Crippen molar-refractivity contribution in [1.82, 2.24) is 10.3 Å². The number of rotatable bonds is 5. The Morgan fingerprint density at radius 2 is 1.83 bits per heavy atom. The van der Waals surface area contributed by atoms with Crippen LogP contribution in [0.1, 0.15) is 10.6 Å². The highest BCUT2D eigenvalue weighted by Crippen LogP contribution is 2.34. The minimum Gasteiger partial charge on any atom is -0.306 e. The molecule has 0 amide bonds. The number of nitrogens with one attached hydrogen (secondary N) is 1. The van der Waals surface area contributed by atoms with E-state index in [2.05, 4.69) is 10.3 Å². The molecule has 7 heteroatoms. The highest BCUT2D eigenvalue weighted by atomic mass is 35.5. The highest BCUT2D eigenvalue weighted by Gasteiger charge is 2.12. The predicted octanol–water partition coefficient (Wildman–Crippen LogP) is 6.20. The summed E-state index contributed by atoms with van der Waals surface area (Å²) in [5, 5.41) is 5.58. The molecule has 2 nitrogen and oxygen atoms in total. The fourth-order valence-corrected chi connectivity index (χ4v) is 3.79. The molecule has 0 aliphatic heterocycles. The molecule has 0 aliphatic carbocycles. The number of hydrogen-bond donors (Lipinski definition) is 1. The molecule has 0 aliphatic rings. The lowest BCUT2D eigenvalue weighted by Crippen LogP contribution is -2.12. The van der Waals surface area contributed by atoms with Crippen LogP contribution >= 0.6 is 46.1 Å². The molecule has 24 heavy (non-hydrogen) atoms. The van der Waals surface area contributed by atoms with E-state index < -0.39 is 0 Å². The van der Waals surface area contributed by atoms with Crippen molar-refractivity contribution in [3.63, 3.8) is 0 Å². The molecule has 0 fully saturated rings. The molecule has 0 bridgehead atoms. The van der Waals surface area contributed by atoms with Gasteiger partial charge in [-0.1, -0.05) is 46.9 Å². The van der Waals surface area contributed by atoms with E-state index in [1.807, 2.05) is 12.1 Å². The van der Waals surface area contributed by atoms with Gasteiger partial charge in [0.1, 0.15) is 10.8 Å². The van der Waals surface area contributed by atoms with Crippen LogP contribution < -0.4 is 5.32 Å². The standard InChI is InChI=1S/C17H12Cl3FN2S/c18-11-5-4-10(6-13(11)20)7-22-9-16-23-8-15(24-16)17-12(19)2-1-3-14(17)21/h1-6,8,22H,7,9H2. The molecule has 3 aromatic rings. The van der Waals surface area contributed by atoms with Crippen molar-refractivity contribution in [2.75, 3.05) is 0 Å². The second-order valence-corrected chi connectivity index (χ2v) is 7.40. The van der Waals surface area contributed by atoms with Crippen LogP contribution in [0.5, 0.6) is 0 Å². The molecule has 0 atom stereocenters. The normalized spacial score (nSPS) is 11.0. The van der Waals surface area contributed by atoms with E-state index in [-0.39, 0.29) is 5.82 Å². The lowest BCUT2D eigenvalue weighted by Gasteiger charge is -2.04. The van der Waals surface area contributed by atoms with Gasteiger partial charge < -0.3 is 5.32 Å². The zero-order chi connectivity index (χ0) is 17.1. The van der Waals surface area contributed by atoms with E-state index >= 15 is 0 Å². The van der Waals surface area contributed by atoms with E-state index in [1.165, 1.54) is 17.4 Å². The second kappa shape index (κ2) is 7.81. The molecule has 2 aromatic carbocycles. The number of aromatic nitrogens is 1. The molecular formula is C17H12Cl3FN2S. The lowest BCUT2D eigenvalue weighted by molar-refractivity contribution is 0.632. The van der Waals surface area contributed by atoms with Crippen molar-refractivity contribution < 1.29 is 4.39 Å². The van der Waals surface area contributed by atoms with Crippen molar-refractivity contribution in [3.8, 4) is 10.4 Å². The Labute approximate surface area is 158 Å². The van der Waals surface area contributed by atoms with Crippen LogP contribution in [0.15, 0.2) is 42.6 Å². The Hall–Kier alpha value is -1.17. The monoisotopic (exact) mass is 400 g/mol. The zero-order valence-electron chi connectivity index (χ0n) is 12.3. The van der Waals surface area contributed by atoms with E-state index in [4.69, 9.17) is 34.8 Å². The van der Waals surface area contributed by atoms with Gasteiger partial charge in [-0.2, -0.15) is 0 Å². The summed E-state index contributed by atoms with van der Waals surface area (Å²) >= 11 is 19.4. The Kier molecular flexibility index (Phi) is 5.74. The van der Waals surface area contributed by atoms with Gasteiger partial charge in [0.15, 0.2) is 0 Å². The van der Waals surface area contributed by atoms with Gasteiger partial charge in [-0.05, 0) is 29.8 Å². The summed E-state index contributed by atoms with van der Waals surface area (Å²) in [7, 11) is 0. The first-order chi connectivity index (χ1) is 11.5. The van der Waals surface area contributed by atoms with Crippen LogP contribution in [0.4, 0.5) is 4.39 Å². The molecule has 0 spiro atoms. The van der Waals surface area contributed by atoms with Crippen LogP contribution in [0.3, 0.4) is 0 Å². The third-order valence-corrected chi connectivity index (χ3v) is 5.42. The molecule has 124 valence electrons. The first-order valence-electron chi connectivity index (χ1n) is 7.08. The zero-order valence-corrected chi connectivity index (χ0v) is 15.4. The quantitative estimate of drug-likeness (QED) is 0.550. The summed E-state index contributed by atoms with van der Waals surface area (Å²) in [5.41, 5.74) is 1.42. The van der Waals surface area contributed by atoms with E-state index in [9.17, 15) is 4.39 Å². The number of benzene rings is 2. The highest BCUT2D eigenvalue weighted by molar-refractivity contribution is 7.15. The average Bonchev–Trinajstić information content (AvgIpc) is 2.99. The number of thiazole rings is 1. The minimum absolute atomic E-state index is 0.346. The maximum absolute atomic E-state index is 13.9. The molecule has 0 saturated heterocycles. The smallest absolute Gasteiger partial charge is 0.133 e. The summed E-state index contributed by atoms with van der Waals surface area (Å²) < 4.78 is 13.9. The van der Waals surface area contributed by atoms with Crippen molar-refractivity contribution in [1.29, 1.82) is 0 Å². The van der Waals surface area contributed by atoms with Gasteiger partial charge in [0, 0.05) is 24.8 Å². The SMILES string of the molecule is Fc1cccc(Cl)c1-c1cnc(CNCc2ccc(Cl)c(Cl)c2)s1. The molecule has 1 aromatic heterocycles. The first-order valence-corrected chi connectivity index (χ1v) is 9.03.